The number of rotatable bonds is 5. The van der Waals surface area contributed by atoms with Gasteiger partial charge >= 0.3 is 0 Å². The highest BCUT2D eigenvalue weighted by molar-refractivity contribution is 7.99. The lowest BCUT2D eigenvalue weighted by molar-refractivity contribution is -0.116. The van der Waals surface area contributed by atoms with E-state index in [4.69, 9.17) is 0 Å². The summed E-state index contributed by atoms with van der Waals surface area (Å²) in [4.78, 5) is 24.1. The lowest BCUT2D eigenvalue weighted by Gasteiger charge is -2.09. The molecule has 2 heterocycles. The summed E-state index contributed by atoms with van der Waals surface area (Å²) in [6.45, 7) is 0. The van der Waals surface area contributed by atoms with Crippen LogP contribution in [-0.2, 0) is 11.2 Å². The van der Waals surface area contributed by atoms with Crippen LogP contribution in [0.4, 0.5) is 5.69 Å². The van der Waals surface area contributed by atoms with Crippen molar-refractivity contribution in [2.24, 2.45) is 0 Å². The molecule has 0 spiro atoms. The highest BCUT2D eigenvalue weighted by Gasteiger charge is 2.28. The Morgan fingerprint density at radius 2 is 2.21 bits per heavy atom. The van der Waals surface area contributed by atoms with Crippen molar-refractivity contribution < 1.29 is 9.59 Å². The minimum absolute atomic E-state index is 0.0373. The zero-order chi connectivity index (χ0) is 16.5. The number of hydrogen-bond donors (Lipinski definition) is 1. The summed E-state index contributed by atoms with van der Waals surface area (Å²) < 4.78 is 1.81. The van der Waals surface area contributed by atoms with E-state index in [1.54, 1.807) is 6.07 Å². The Kier molecular flexibility index (Phi) is 4.05. The molecule has 1 aromatic carbocycles. The monoisotopic (exact) mass is 343 g/mol. The van der Waals surface area contributed by atoms with Gasteiger partial charge in [0.25, 0.3) is 0 Å². The minimum Gasteiger partial charge on any atom is -0.326 e. The van der Waals surface area contributed by atoms with Gasteiger partial charge in [-0.3, -0.25) is 9.59 Å². The van der Waals surface area contributed by atoms with Crippen LogP contribution in [0.15, 0.2) is 23.4 Å². The number of nitrogens with zero attached hydrogens (tertiary/aromatic N) is 4. The maximum Gasteiger partial charge on any atom is 0.224 e. The van der Waals surface area contributed by atoms with Crippen LogP contribution in [-0.4, -0.2) is 37.7 Å². The van der Waals surface area contributed by atoms with E-state index in [1.165, 1.54) is 11.8 Å². The number of hydrogen-bond acceptors (Lipinski definition) is 6. The molecule has 7 nitrogen and oxygen atoms in total. The van der Waals surface area contributed by atoms with Crippen LogP contribution in [0.2, 0.25) is 0 Å². The third-order valence-corrected chi connectivity index (χ3v) is 5.17. The molecule has 0 radical (unpaired) electrons. The molecule has 0 saturated heterocycles. The lowest BCUT2D eigenvalue weighted by atomic mass is 10.0. The molecule has 8 heteroatoms. The van der Waals surface area contributed by atoms with E-state index in [2.05, 4.69) is 20.8 Å². The van der Waals surface area contributed by atoms with Crippen molar-refractivity contribution in [2.75, 3.05) is 11.1 Å². The molecular formula is C16H17N5O2S. The zero-order valence-corrected chi connectivity index (χ0v) is 13.9. The normalized spacial score (nSPS) is 17.1. The Bertz CT molecular complexity index is 800. The number of Topliss-reactive ketones (excluding diaryl/α,β-unsaturated/α-hetero) is 1. The molecule has 1 N–H and O–H groups in total. The van der Waals surface area contributed by atoms with Gasteiger partial charge in [-0.2, -0.15) is 0 Å². The second-order valence-corrected chi connectivity index (χ2v) is 7.07. The Hall–Kier alpha value is -2.22. The molecular weight excluding hydrogens is 326 g/mol. The summed E-state index contributed by atoms with van der Waals surface area (Å²) in [7, 11) is 0. The van der Waals surface area contributed by atoms with Crippen molar-refractivity contribution in [1.82, 2.24) is 20.2 Å². The largest absolute Gasteiger partial charge is 0.326 e. The SMILES string of the molecule is O=C1CCCc2cc(C(=O)CSc3nnnn3C3CC3)ccc2N1. The van der Waals surface area contributed by atoms with Crippen LogP contribution in [0.3, 0.4) is 0 Å². The third-order valence-electron chi connectivity index (χ3n) is 4.24. The first-order chi connectivity index (χ1) is 11.7. The van der Waals surface area contributed by atoms with E-state index in [1.807, 2.05) is 16.8 Å². The highest BCUT2D eigenvalue weighted by atomic mass is 32.2. The molecule has 1 aliphatic carbocycles. The van der Waals surface area contributed by atoms with Gasteiger partial charge < -0.3 is 5.32 Å². The summed E-state index contributed by atoms with van der Waals surface area (Å²) in [5, 5.41) is 15.3. The average Bonchev–Trinajstić information content (AvgIpc) is 3.35. The summed E-state index contributed by atoms with van der Waals surface area (Å²) in [6, 6.07) is 5.89. The van der Waals surface area contributed by atoms with Gasteiger partial charge in [0.05, 0.1) is 11.8 Å². The number of aromatic nitrogens is 4. The summed E-state index contributed by atoms with van der Waals surface area (Å²) in [5.74, 6) is 0.386. The number of aryl methyl sites for hydroxylation is 1. The fourth-order valence-corrected chi connectivity index (χ4v) is 3.63. The number of fused-ring (bicyclic) bond motifs is 1. The molecule has 0 atom stereocenters. The number of anilines is 1. The minimum atomic E-state index is 0.0373. The molecule has 1 fully saturated rings. The summed E-state index contributed by atoms with van der Waals surface area (Å²) in [5.41, 5.74) is 2.52. The van der Waals surface area contributed by atoms with Gasteiger partial charge in [-0.15, -0.1) is 5.10 Å². The fraction of sp³-hybridized carbons (Fsp3) is 0.438. The Morgan fingerprint density at radius 1 is 1.33 bits per heavy atom. The molecule has 0 bridgehead atoms. The first-order valence-corrected chi connectivity index (χ1v) is 9.06. The molecule has 2 aliphatic rings. The van der Waals surface area contributed by atoms with Crippen molar-refractivity contribution in [3.63, 3.8) is 0 Å². The smallest absolute Gasteiger partial charge is 0.224 e. The number of tetrazole rings is 1. The predicted molar refractivity (Wildman–Crippen MR) is 89.2 cm³/mol. The van der Waals surface area contributed by atoms with Crippen LogP contribution in [0, 0.1) is 0 Å². The predicted octanol–water partition coefficient (Wildman–Crippen LogP) is 2.26. The van der Waals surface area contributed by atoms with Gasteiger partial charge in [0, 0.05) is 17.7 Å². The maximum absolute atomic E-state index is 12.5. The molecule has 1 aromatic heterocycles. The number of ketones is 1. The maximum atomic E-state index is 12.5. The summed E-state index contributed by atoms with van der Waals surface area (Å²) >= 11 is 1.37. The number of benzene rings is 1. The van der Waals surface area contributed by atoms with Crippen LogP contribution >= 0.6 is 11.8 Å². The van der Waals surface area contributed by atoms with E-state index >= 15 is 0 Å². The second kappa shape index (κ2) is 6.35. The number of carbonyl (C=O) groups is 2. The first kappa shape index (κ1) is 15.3. The lowest BCUT2D eigenvalue weighted by Crippen LogP contribution is -2.10. The molecule has 2 aromatic rings. The molecule has 0 unspecified atom stereocenters. The van der Waals surface area contributed by atoms with Gasteiger partial charge in [-0.25, -0.2) is 4.68 Å². The number of amides is 1. The number of carbonyl (C=O) groups excluding carboxylic acids is 2. The van der Waals surface area contributed by atoms with Gasteiger partial charge in [0.15, 0.2) is 5.78 Å². The van der Waals surface area contributed by atoms with E-state index in [0.717, 1.165) is 36.9 Å². The Balaban J connectivity index is 1.45. The summed E-state index contributed by atoms with van der Waals surface area (Å²) in [6.07, 6.45) is 4.34. The number of nitrogens with one attached hydrogen (secondary N) is 1. The third kappa shape index (κ3) is 3.19. The quantitative estimate of drug-likeness (QED) is 0.661. The topological polar surface area (TPSA) is 89.8 Å². The average molecular weight is 343 g/mol. The highest BCUT2D eigenvalue weighted by Crippen LogP contribution is 2.36. The molecule has 124 valence electrons. The molecule has 1 amide bonds. The van der Waals surface area contributed by atoms with Crippen LogP contribution in [0.25, 0.3) is 0 Å². The van der Waals surface area contributed by atoms with Crippen molar-refractivity contribution in [2.45, 2.75) is 43.3 Å². The Morgan fingerprint density at radius 3 is 3.04 bits per heavy atom. The molecule has 1 aliphatic heterocycles. The first-order valence-electron chi connectivity index (χ1n) is 8.07. The fourth-order valence-electron chi connectivity index (χ4n) is 2.79. The van der Waals surface area contributed by atoms with Crippen LogP contribution < -0.4 is 5.32 Å². The van der Waals surface area contributed by atoms with Gasteiger partial charge in [-0.05, 0) is 59.9 Å². The van der Waals surface area contributed by atoms with Crippen molar-refractivity contribution >= 4 is 29.1 Å². The standard InChI is InChI=1S/C16H17N5O2S/c22-14(9-24-16-18-19-20-21(16)12-5-6-12)11-4-7-13-10(8-11)2-1-3-15(23)17-13/h4,7-8,12H,1-3,5-6,9H2,(H,17,23). The van der Waals surface area contributed by atoms with Crippen molar-refractivity contribution in [3.05, 3.63) is 29.3 Å². The van der Waals surface area contributed by atoms with E-state index in [0.29, 0.717) is 28.9 Å². The van der Waals surface area contributed by atoms with Gasteiger partial charge in [0.2, 0.25) is 11.1 Å². The van der Waals surface area contributed by atoms with Crippen LogP contribution in [0.5, 0.6) is 0 Å². The molecule has 4 rings (SSSR count). The second-order valence-electron chi connectivity index (χ2n) is 6.12. The van der Waals surface area contributed by atoms with Crippen molar-refractivity contribution in [1.29, 1.82) is 0 Å². The van der Waals surface area contributed by atoms with E-state index < -0.39 is 0 Å². The number of thioether (sulfide) groups is 1. The van der Waals surface area contributed by atoms with E-state index in [-0.39, 0.29) is 11.7 Å². The van der Waals surface area contributed by atoms with Crippen LogP contribution in [0.1, 0.15) is 47.6 Å². The van der Waals surface area contributed by atoms with Crippen molar-refractivity contribution in [3.8, 4) is 0 Å². The molecule has 1 saturated carbocycles. The Labute approximate surface area is 143 Å². The van der Waals surface area contributed by atoms with E-state index in [9.17, 15) is 9.59 Å². The van der Waals surface area contributed by atoms with Gasteiger partial charge in [0.1, 0.15) is 0 Å². The molecule has 24 heavy (non-hydrogen) atoms. The van der Waals surface area contributed by atoms with Gasteiger partial charge in [-0.1, -0.05) is 11.8 Å². The zero-order valence-electron chi connectivity index (χ0n) is 13.1.